The van der Waals surface area contributed by atoms with E-state index in [2.05, 4.69) is 7.05 Å². The first-order valence-corrected chi connectivity index (χ1v) is 10.6. The van der Waals surface area contributed by atoms with Crippen molar-refractivity contribution < 1.29 is 24.1 Å². The lowest BCUT2D eigenvalue weighted by Crippen LogP contribution is -3.27. The second-order valence-corrected chi connectivity index (χ2v) is 8.09. The van der Waals surface area contributed by atoms with Crippen molar-refractivity contribution in [1.82, 2.24) is 4.90 Å². The number of fused-ring (bicyclic) bond motifs is 1. The highest BCUT2D eigenvalue weighted by molar-refractivity contribution is 5.94. The lowest BCUT2D eigenvalue weighted by molar-refractivity contribution is -1.00. The summed E-state index contributed by atoms with van der Waals surface area (Å²) in [7, 11) is 2.27. The smallest absolute Gasteiger partial charge is 0.254 e. The molecule has 6 heteroatoms. The molecule has 2 N–H and O–H groups in total. The number of carbonyl (C=O) groups is 1. The topological polar surface area (TPSA) is 47.7 Å². The summed E-state index contributed by atoms with van der Waals surface area (Å²) in [5.41, 5.74) is 1.80. The van der Waals surface area contributed by atoms with Crippen molar-refractivity contribution in [3.8, 4) is 11.5 Å². The molecule has 2 aromatic carbocycles. The molecule has 1 amide bonds. The van der Waals surface area contributed by atoms with Crippen LogP contribution in [0.3, 0.4) is 0 Å². The number of hydrogen-bond donors (Lipinski definition) is 2. The van der Waals surface area contributed by atoms with Crippen molar-refractivity contribution in [1.29, 1.82) is 0 Å². The van der Waals surface area contributed by atoms with E-state index in [9.17, 15) is 4.79 Å². The maximum absolute atomic E-state index is 13.2. The highest BCUT2D eigenvalue weighted by Gasteiger charge is 2.22. The average molecular weight is 398 g/mol. The van der Waals surface area contributed by atoms with Gasteiger partial charge in [-0.15, -0.1) is 0 Å². The highest BCUT2D eigenvalue weighted by atomic mass is 16.7. The Hall–Kier alpha value is -2.57. The van der Waals surface area contributed by atoms with Crippen LogP contribution in [-0.4, -0.2) is 63.9 Å². The summed E-state index contributed by atoms with van der Waals surface area (Å²) in [4.78, 5) is 18.4. The first-order valence-electron chi connectivity index (χ1n) is 10.6. The summed E-state index contributed by atoms with van der Waals surface area (Å²) in [6, 6.07) is 15.5. The highest BCUT2D eigenvalue weighted by Crippen LogP contribution is 2.32. The van der Waals surface area contributed by atoms with Gasteiger partial charge in [0.2, 0.25) is 6.79 Å². The standard InChI is InChI=1S/C23H29N3O3/c1-24-12-14-25(15-13-24)10-5-11-26(23(27)20-6-3-2-4-7-20)17-19-8-9-21-22(16-19)29-18-28-21/h2-4,6-9,16H,5,10-15,17-18H2,1H3/p+2. The normalized spacial score (nSPS) is 20.4. The molecule has 0 spiro atoms. The van der Waals surface area contributed by atoms with Gasteiger partial charge < -0.3 is 24.2 Å². The molecule has 154 valence electrons. The number of benzene rings is 2. The van der Waals surface area contributed by atoms with E-state index in [1.54, 1.807) is 9.80 Å². The summed E-state index contributed by atoms with van der Waals surface area (Å²) >= 11 is 0. The molecule has 4 rings (SSSR count). The number of nitrogens with one attached hydrogen (secondary N) is 2. The molecule has 2 aliphatic heterocycles. The number of amides is 1. The van der Waals surface area contributed by atoms with Gasteiger partial charge in [0.1, 0.15) is 26.2 Å². The first kappa shape index (κ1) is 19.7. The molecular formula is C23H31N3O3+2. The second-order valence-electron chi connectivity index (χ2n) is 8.09. The van der Waals surface area contributed by atoms with Crippen LogP contribution in [0.15, 0.2) is 48.5 Å². The van der Waals surface area contributed by atoms with Gasteiger partial charge in [-0.1, -0.05) is 24.3 Å². The fraction of sp³-hybridized carbons (Fsp3) is 0.435. The van der Waals surface area contributed by atoms with E-state index in [1.165, 1.54) is 26.2 Å². The minimum atomic E-state index is 0.0843. The Morgan fingerprint density at radius 3 is 2.55 bits per heavy atom. The van der Waals surface area contributed by atoms with Crippen molar-refractivity contribution in [2.24, 2.45) is 0 Å². The largest absolute Gasteiger partial charge is 0.454 e. The van der Waals surface area contributed by atoms with Crippen molar-refractivity contribution >= 4 is 5.91 Å². The maximum atomic E-state index is 13.2. The molecule has 0 saturated carbocycles. The summed E-state index contributed by atoms with van der Waals surface area (Å²) in [6.45, 7) is 7.63. The summed E-state index contributed by atoms with van der Waals surface area (Å²) in [5.74, 6) is 1.62. The van der Waals surface area contributed by atoms with Gasteiger partial charge in [0.25, 0.3) is 5.91 Å². The van der Waals surface area contributed by atoms with Gasteiger partial charge in [-0.3, -0.25) is 4.79 Å². The molecule has 6 nitrogen and oxygen atoms in total. The number of ether oxygens (including phenoxy) is 2. The van der Waals surface area contributed by atoms with Crippen LogP contribution in [0.4, 0.5) is 0 Å². The average Bonchev–Trinajstić information content (AvgIpc) is 3.22. The van der Waals surface area contributed by atoms with Gasteiger partial charge in [-0.05, 0) is 29.8 Å². The van der Waals surface area contributed by atoms with Crippen LogP contribution in [0, 0.1) is 0 Å². The van der Waals surface area contributed by atoms with Gasteiger partial charge in [0.05, 0.1) is 13.6 Å². The Morgan fingerprint density at radius 1 is 1.00 bits per heavy atom. The third-order valence-electron chi connectivity index (χ3n) is 5.89. The van der Waals surface area contributed by atoms with Crippen LogP contribution in [-0.2, 0) is 6.54 Å². The van der Waals surface area contributed by atoms with Crippen molar-refractivity contribution in [2.45, 2.75) is 13.0 Å². The van der Waals surface area contributed by atoms with Gasteiger partial charge >= 0.3 is 0 Å². The third-order valence-corrected chi connectivity index (χ3v) is 5.89. The molecule has 0 radical (unpaired) electrons. The zero-order valence-corrected chi connectivity index (χ0v) is 17.2. The molecule has 1 fully saturated rings. The fourth-order valence-corrected chi connectivity index (χ4v) is 4.08. The van der Waals surface area contributed by atoms with E-state index in [4.69, 9.17) is 9.47 Å². The molecule has 2 aliphatic rings. The van der Waals surface area contributed by atoms with Crippen LogP contribution in [0.1, 0.15) is 22.3 Å². The minimum absolute atomic E-state index is 0.0843. The van der Waals surface area contributed by atoms with Crippen LogP contribution in [0.25, 0.3) is 0 Å². The van der Waals surface area contributed by atoms with Gasteiger partial charge in [-0.2, -0.15) is 0 Å². The van der Waals surface area contributed by atoms with Crippen LogP contribution < -0.4 is 19.3 Å². The van der Waals surface area contributed by atoms with E-state index in [1.807, 2.05) is 53.4 Å². The molecule has 1 saturated heterocycles. The Balaban J connectivity index is 1.41. The first-order chi connectivity index (χ1) is 14.2. The monoisotopic (exact) mass is 397 g/mol. The molecule has 0 unspecified atom stereocenters. The number of quaternary nitrogens is 2. The third kappa shape index (κ3) is 5.08. The molecule has 0 aromatic heterocycles. The molecule has 2 heterocycles. The van der Waals surface area contributed by atoms with Crippen LogP contribution in [0.5, 0.6) is 11.5 Å². The quantitative estimate of drug-likeness (QED) is 0.684. The molecule has 2 aromatic rings. The van der Waals surface area contributed by atoms with E-state index >= 15 is 0 Å². The van der Waals surface area contributed by atoms with E-state index in [-0.39, 0.29) is 12.7 Å². The Bertz CT molecular complexity index is 819. The Kier molecular flexibility index (Phi) is 6.32. The summed E-state index contributed by atoms with van der Waals surface area (Å²) < 4.78 is 10.9. The van der Waals surface area contributed by atoms with Gasteiger partial charge in [0, 0.05) is 25.1 Å². The number of likely N-dealkylation sites (N-methyl/N-ethyl adjacent to an activating group) is 1. The number of carbonyl (C=O) groups excluding carboxylic acids is 1. The lowest BCUT2D eigenvalue weighted by atomic mass is 10.1. The van der Waals surface area contributed by atoms with Crippen LogP contribution in [0.2, 0.25) is 0 Å². The van der Waals surface area contributed by atoms with E-state index in [0.29, 0.717) is 6.54 Å². The Morgan fingerprint density at radius 2 is 1.76 bits per heavy atom. The zero-order valence-electron chi connectivity index (χ0n) is 17.2. The number of hydrogen-bond acceptors (Lipinski definition) is 3. The van der Waals surface area contributed by atoms with Gasteiger partial charge in [-0.25, -0.2) is 0 Å². The predicted octanol–water partition coefficient (Wildman–Crippen LogP) is -0.139. The number of rotatable bonds is 7. The van der Waals surface area contributed by atoms with Crippen LogP contribution >= 0.6 is 0 Å². The molecule has 0 bridgehead atoms. The molecular weight excluding hydrogens is 366 g/mol. The lowest BCUT2D eigenvalue weighted by Gasteiger charge is -2.28. The maximum Gasteiger partial charge on any atom is 0.254 e. The molecule has 29 heavy (non-hydrogen) atoms. The van der Waals surface area contributed by atoms with Gasteiger partial charge in [0.15, 0.2) is 11.5 Å². The zero-order chi connectivity index (χ0) is 20.1. The Labute approximate surface area is 172 Å². The second kappa shape index (κ2) is 9.29. The fourth-order valence-electron chi connectivity index (χ4n) is 4.08. The van der Waals surface area contributed by atoms with E-state index in [0.717, 1.165) is 42.1 Å². The van der Waals surface area contributed by atoms with Crippen molar-refractivity contribution in [3.63, 3.8) is 0 Å². The van der Waals surface area contributed by atoms with Crippen molar-refractivity contribution in [3.05, 3.63) is 59.7 Å². The SMILES string of the molecule is C[NH+]1CC[NH+](CCCN(Cc2ccc3c(c2)OCO3)C(=O)c2ccccc2)CC1. The predicted molar refractivity (Wildman–Crippen MR) is 111 cm³/mol. The molecule has 0 aliphatic carbocycles. The van der Waals surface area contributed by atoms with Crippen molar-refractivity contribution in [2.75, 3.05) is 53.1 Å². The summed E-state index contributed by atoms with van der Waals surface area (Å²) in [6.07, 6.45) is 1.01. The van der Waals surface area contributed by atoms with E-state index < -0.39 is 0 Å². The minimum Gasteiger partial charge on any atom is -0.454 e. The summed E-state index contributed by atoms with van der Waals surface area (Å²) in [5, 5.41) is 0. The number of piperazine rings is 1. The number of nitrogens with zero attached hydrogens (tertiary/aromatic N) is 1. The molecule has 0 atom stereocenters.